The van der Waals surface area contributed by atoms with Gasteiger partial charge in [0, 0.05) is 30.5 Å². The van der Waals surface area contributed by atoms with E-state index in [0.29, 0.717) is 24.3 Å². The Kier molecular flexibility index (Phi) is 6.66. The summed E-state index contributed by atoms with van der Waals surface area (Å²) in [6.45, 7) is -0.106. The molecule has 3 N–H and O–H groups in total. The van der Waals surface area contributed by atoms with Crippen molar-refractivity contribution in [2.75, 3.05) is 23.9 Å². The molecule has 112 valence electrons. The van der Waals surface area contributed by atoms with Crippen molar-refractivity contribution in [1.82, 2.24) is 5.32 Å². The number of amides is 2. The molecule has 0 spiro atoms. The number of benzene rings is 1. The molecule has 8 heteroatoms. The van der Waals surface area contributed by atoms with E-state index in [1.165, 1.54) is 11.8 Å². The first kappa shape index (κ1) is 16.6. The molecule has 0 aliphatic carbocycles. The molecule has 1 aromatic rings. The molecule has 2 amide bonds. The lowest BCUT2D eigenvalue weighted by atomic mass is 10.2. The molecule has 1 rings (SSSR count). The Balaban J connectivity index is 2.68. The molecule has 4 nitrogen and oxygen atoms in total. The summed E-state index contributed by atoms with van der Waals surface area (Å²) in [4.78, 5) is 11.6. The maximum atomic E-state index is 13.3. The average Bonchev–Trinajstić information content (AvgIpc) is 2.36. The quantitative estimate of drug-likeness (QED) is 0.707. The first-order valence-electron chi connectivity index (χ1n) is 5.79. The van der Waals surface area contributed by atoms with Gasteiger partial charge in [0.25, 0.3) is 0 Å². The van der Waals surface area contributed by atoms with Gasteiger partial charge in [-0.3, -0.25) is 0 Å². The largest absolute Gasteiger partial charge is 0.396 e. The molecule has 1 aromatic carbocycles. The minimum atomic E-state index is -1.33. The van der Waals surface area contributed by atoms with Crippen LogP contribution in [0.3, 0.4) is 0 Å². The molecule has 0 fully saturated rings. The van der Waals surface area contributed by atoms with Crippen LogP contribution in [0, 0.1) is 17.5 Å². The Hall–Kier alpha value is -1.41. The van der Waals surface area contributed by atoms with Crippen LogP contribution in [0.15, 0.2) is 12.1 Å². The molecule has 1 atom stereocenters. The minimum Gasteiger partial charge on any atom is -0.396 e. The smallest absolute Gasteiger partial charge is 0.319 e. The van der Waals surface area contributed by atoms with E-state index in [1.807, 2.05) is 6.26 Å². The lowest BCUT2D eigenvalue weighted by molar-refractivity contribution is 0.241. The van der Waals surface area contributed by atoms with E-state index in [-0.39, 0.29) is 12.6 Å². The van der Waals surface area contributed by atoms with E-state index < -0.39 is 29.2 Å². The summed E-state index contributed by atoms with van der Waals surface area (Å²) in [5.74, 6) is -3.08. The van der Waals surface area contributed by atoms with Gasteiger partial charge in [-0.25, -0.2) is 18.0 Å². The molecule has 0 aromatic heterocycles. The summed E-state index contributed by atoms with van der Waals surface area (Å²) >= 11 is 1.47. The third-order valence-electron chi connectivity index (χ3n) is 2.44. The van der Waals surface area contributed by atoms with E-state index >= 15 is 0 Å². The van der Waals surface area contributed by atoms with Crippen molar-refractivity contribution < 1.29 is 23.1 Å². The van der Waals surface area contributed by atoms with Crippen molar-refractivity contribution in [2.45, 2.75) is 12.5 Å². The van der Waals surface area contributed by atoms with Gasteiger partial charge in [-0.05, 0) is 12.7 Å². The SMILES string of the molecule is CSCC(CCO)NC(=O)Nc1cc(F)c(F)cc1F. The molecule has 0 saturated heterocycles. The molecular formula is C12H15F3N2O2S. The first-order valence-corrected chi connectivity index (χ1v) is 7.19. The highest BCUT2D eigenvalue weighted by Crippen LogP contribution is 2.18. The predicted octanol–water partition coefficient (Wildman–Crippen LogP) is 2.34. The summed E-state index contributed by atoms with van der Waals surface area (Å²) in [6.07, 6.45) is 2.17. The van der Waals surface area contributed by atoms with E-state index in [0.717, 1.165) is 0 Å². The average molecular weight is 308 g/mol. The molecular weight excluding hydrogens is 293 g/mol. The number of anilines is 1. The zero-order chi connectivity index (χ0) is 15.1. The van der Waals surface area contributed by atoms with Gasteiger partial charge >= 0.3 is 6.03 Å². The van der Waals surface area contributed by atoms with E-state index in [1.54, 1.807) is 0 Å². The fourth-order valence-corrected chi connectivity index (χ4v) is 2.17. The van der Waals surface area contributed by atoms with Gasteiger partial charge in [-0.15, -0.1) is 0 Å². The fourth-order valence-electron chi connectivity index (χ4n) is 1.52. The highest BCUT2D eigenvalue weighted by atomic mass is 32.2. The topological polar surface area (TPSA) is 61.4 Å². The van der Waals surface area contributed by atoms with Crippen molar-refractivity contribution in [3.63, 3.8) is 0 Å². The van der Waals surface area contributed by atoms with Crippen LogP contribution in [-0.4, -0.2) is 35.8 Å². The number of carbonyl (C=O) groups is 1. The number of aliphatic hydroxyl groups is 1. The maximum Gasteiger partial charge on any atom is 0.319 e. The second-order valence-electron chi connectivity index (χ2n) is 4.01. The molecule has 0 radical (unpaired) electrons. The van der Waals surface area contributed by atoms with E-state index in [4.69, 9.17) is 5.11 Å². The predicted molar refractivity (Wildman–Crippen MR) is 72.3 cm³/mol. The number of thioether (sulfide) groups is 1. The Morgan fingerprint density at radius 2 is 1.95 bits per heavy atom. The summed E-state index contributed by atoms with van der Waals surface area (Å²) in [5.41, 5.74) is -0.451. The lowest BCUT2D eigenvalue weighted by Crippen LogP contribution is -2.40. The van der Waals surface area contributed by atoms with Gasteiger partial charge < -0.3 is 15.7 Å². The highest BCUT2D eigenvalue weighted by molar-refractivity contribution is 7.98. The Morgan fingerprint density at radius 3 is 2.55 bits per heavy atom. The van der Waals surface area contributed by atoms with Crippen LogP contribution in [0.25, 0.3) is 0 Å². The number of nitrogens with one attached hydrogen (secondary N) is 2. The highest BCUT2D eigenvalue weighted by Gasteiger charge is 2.15. The van der Waals surface area contributed by atoms with Crippen LogP contribution >= 0.6 is 11.8 Å². The fraction of sp³-hybridized carbons (Fsp3) is 0.417. The number of urea groups is 1. The number of rotatable bonds is 6. The zero-order valence-electron chi connectivity index (χ0n) is 10.8. The van der Waals surface area contributed by atoms with Crippen molar-refractivity contribution in [3.8, 4) is 0 Å². The van der Waals surface area contributed by atoms with Crippen molar-refractivity contribution in [1.29, 1.82) is 0 Å². The van der Waals surface area contributed by atoms with Crippen molar-refractivity contribution in [3.05, 3.63) is 29.6 Å². The molecule has 1 unspecified atom stereocenters. The van der Waals surface area contributed by atoms with E-state index in [9.17, 15) is 18.0 Å². The number of aliphatic hydroxyl groups excluding tert-OH is 1. The summed E-state index contributed by atoms with van der Waals surface area (Å²) in [6, 6.07) is -0.122. The number of hydrogen-bond acceptors (Lipinski definition) is 3. The van der Waals surface area contributed by atoms with Crippen LogP contribution in [0.4, 0.5) is 23.7 Å². The lowest BCUT2D eigenvalue weighted by Gasteiger charge is -2.17. The monoisotopic (exact) mass is 308 g/mol. The van der Waals surface area contributed by atoms with Crippen LogP contribution in [0.1, 0.15) is 6.42 Å². The maximum absolute atomic E-state index is 13.3. The zero-order valence-corrected chi connectivity index (χ0v) is 11.6. The van der Waals surface area contributed by atoms with Gasteiger partial charge in [-0.1, -0.05) is 0 Å². The Bertz CT molecular complexity index is 468. The standard InChI is InChI=1S/C12H15F3N2O2S/c1-20-6-7(2-3-18)16-12(19)17-11-5-9(14)8(13)4-10(11)15/h4-5,7,18H,2-3,6H2,1H3,(H2,16,17,19). The molecule has 0 heterocycles. The van der Waals surface area contributed by atoms with Gasteiger partial charge in [0.05, 0.1) is 5.69 Å². The number of hydrogen-bond donors (Lipinski definition) is 3. The first-order chi connectivity index (χ1) is 9.47. The van der Waals surface area contributed by atoms with E-state index in [2.05, 4.69) is 10.6 Å². The molecule has 20 heavy (non-hydrogen) atoms. The summed E-state index contributed by atoms with van der Waals surface area (Å²) in [5, 5.41) is 13.5. The van der Waals surface area contributed by atoms with Crippen LogP contribution in [-0.2, 0) is 0 Å². The normalized spacial score (nSPS) is 12.1. The van der Waals surface area contributed by atoms with Gasteiger partial charge in [0.1, 0.15) is 5.82 Å². The summed E-state index contributed by atoms with van der Waals surface area (Å²) in [7, 11) is 0. The second kappa shape index (κ2) is 8.01. The second-order valence-corrected chi connectivity index (χ2v) is 4.92. The third-order valence-corrected chi connectivity index (χ3v) is 3.17. The van der Waals surface area contributed by atoms with Crippen molar-refractivity contribution in [2.24, 2.45) is 0 Å². The third kappa shape index (κ3) is 4.93. The summed E-state index contributed by atoms with van der Waals surface area (Å²) < 4.78 is 39.0. The number of carbonyl (C=O) groups excluding carboxylic acids is 1. The minimum absolute atomic E-state index is 0.106. The molecule has 0 aliphatic rings. The van der Waals surface area contributed by atoms with Crippen LogP contribution in [0.5, 0.6) is 0 Å². The van der Waals surface area contributed by atoms with Gasteiger partial charge in [0.15, 0.2) is 11.6 Å². The van der Waals surface area contributed by atoms with Crippen LogP contribution < -0.4 is 10.6 Å². The Morgan fingerprint density at radius 1 is 1.30 bits per heavy atom. The van der Waals surface area contributed by atoms with Crippen molar-refractivity contribution >= 4 is 23.5 Å². The Labute approximate surface area is 118 Å². The molecule has 0 aliphatic heterocycles. The molecule has 0 saturated carbocycles. The van der Waals surface area contributed by atoms with Crippen LogP contribution in [0.2, 0.25) is 0 Å². The van der Waals surface area contributed by atoms with Gasteiger partial charge in [0.2, 0.25) is 0 Å². The molecule has 0 bridgehead atoms. The number of halogens is 3. The van der Waals surface area contributed by atoms with Gasteiger partial charge in [-0.2, -0.15) is 11.8 Å².